The number of aromatic nitrogens is 4. The predicted molar refractivity (Wildman–Crippen MR) is 91.4 cm³/mol. The van der Waals surface area contributed by atoms with Crippen molar-refractivity contribution in [1.29, 1.82) is 0 Å². The van der Waals surface area contributed by atoms with Crippen molar-refractivity contribution in [3.63, 3.8) is 0 Å². The predicted octanol–water partition coefficient (Wildman–Crippen LogP) is 2.99. The summed E-state index contributed by atoms with van der Waals surface area (Å²) in [6.07, 6.45) is 5.37. The van der Waals surface area contributed by atoms with Crippen molar-refractivity contribution in [1.82, 2.24) is 19.6 Å². The third-order valence-electron chi connectivity index (χ3n) is 3.39. The number of nitrogens with zero attached hydrogens (tertiary/aromatic N) is 4. The van der Waals surface area contributed by atoms with E-state index in [0.717, 1.165) is 15.7 Å². The minimum absolute atomic E-state index is 0.158. The molecule has 0 fully saturated rings. The van der Waals surface area contributed by atoms with Gasteiger partial charge in [0.05, 0.1) is 28.5 Å². The lowest BCUT2D eigenvalue weighted by Crippen LogP contribution is -2.12. The van der Waals surface area contributed by atoms with Crippen LogP contribution in [0.25, 0.3) is 0 Å². The van der Waals surface area contributed by atoms with Gasteiger partial charge >= 0.3 is 0 Å². The number of benzene rings is 1. The number of carbonyl (C=O) groups excluding carboxylic acids is 1. The van der Waals surface area contributed by atoms with E-state index in [1.54, 1.807) is 24.1 Å². The van der Waals surface area contributed by atoms with Crippen LogP contribution >= 0.6 is 15.9 Å². The normalized spacial score (nSPS) is 10.7. The van der Waals surface area contributed by atoms with Gasteiger partial charge in [-0.25, -0.2) is 0 Å². The Kier molecular flexibility index (Phi) is 4.29. The SMILES string of the molecule is Cc1nn(C)cc1C(=O)Nc1cccc(Cn2cc(Br)cn2)c1. The zero-order valence-corrected chi connectivity index (χ0v) is 14.4. The van der Waals surface area contributed by atoms with Gasteiger partial charge in [-0.3, -0.25) is 14.2 Å². The van der Waals surface area contributed by atoms with Crippen LogP contribution < -0.4 is 5.32 Å². The standard InChI is InChI=1S/C16H16BrN5O/c1-11-15(10-21(2)20-11)16(23)19-14-5-3-4-12(6-14)8-22-9-13(17)7-18-22/h3-7,9-10H,8H2,1-2H3,(H,19,23). The number of hydrogen-bond donors (Lipinski definition) is 1. The van der Waals surface area contributed by atoms with Crippen molar-refractivity contribution in [2.45, 2.75) is 13.5 Å². The quantitative estimate of drug-likeness (QED) is 0.764. The molecule has 0 aliphatic rings. The van der Waals surface area contributed by atoms with Crippen LogP contribution in [0.2, 0.25) is 0 Å². The maximum atomic E-state index is 12.3. The first-order chi connectivity index (χ1) is 11.0. The third kappa shape index (κ3) is 3.68. The monoisotopic (exact) mass is 373 g/mol. The molecule has 23 heavy (non-hydrogen) atoms. The lowest BCUT2D eigenvalue weighted by Gasteiger charge is -2.07. The molecule has 1 N–H and O–H groups in total. The summed E-state index contributed by atoms with van der Waals surface area (Å²) in [6.45, 7) is 2.46. The fourth-order valence-electron chi connectivity index (χ4n) is 2.38. The first-order valence-corrected chi connectivity index (χ1v) is 7.89. The smallest absolute Gasteiger partial charge is 0.259 e. The molecule has 0 aliphatic carbocycles. The minimum Gasteiger partial charge on any atom is -0.322 e. The van der Waals surface area contributed by atoms with Gasteiger partial charge in [0.1, 0.15) is 0 Å². The summed E-state index contributed by atoms with van der Waals surface area (Å²) in [7, 11) is 1.80. The molecule has 1 amide bonds. The number of aryl methyl sites for hydroxylation is 2. The molecule has 0 aliphatic heterocycles. The Balaban J connectivity index is 1.74. The van der Waals surface area contributed by atoms with Gasteiger partial charge in [0.15, 0.2) is 0 Å². The maximum absolute atomic E-state index is 12.3. The van der Waals surface area contributed by atoms with Crippen molar-refractivity contribution < 1.29 is 4.79 Å². The highest BCUT2D eigenvalue weighted by molar-refractivity contribution is 9.10. The van der Waals surface area contributed by atoms with Crippen molar-refractivity contribution >= 4 is 27.5 Å². The van der Waals surface area contributed by atoms with E-state index in [4.69, 9.17) is 0 Å². The maximum Gasteiger partial charge on any atom is 0.259 e. The molecular formula is C16H16BrN5O. The second kappa shape index (κ2) is 6.37. The fraction of sp³-hybridized carbons (Fsp3) is 0.188. The molecule has 0 saturated heterocycles. The molecular weight excluding hydrogens is 358 g/mol. The van der Waals surface area contributed by atoms with Gasteiger partial charge < -0.3 is 5.32 Å². The van der Waals surface area contributed by atoms with E-state index in [-0.39, 0.29) is 5.91 Å². The largest absolute Gasteiger partial charge is 0.322 e. The minimum atomic E-state index is -0.158. The summed E-state index contributed by atoms with van der Waals surface area (Å²) in [5.41, 5.74) is 3.10. The van der Waals surface area contributed by atoms with Crippen LogP contribution in [-0.4, -0.2) is 25.5 Å². The Morgan fingerprint density at radius 1 is 1.35 bits per heavy atom. The van der Waals surface area contributed by atoms with Crippen LogP contribution in [0.1, 0.15) is 21.6 Å². The Morgan fingerprint density at radius 2 is 2.17 bits per heavy atom. The third-order valence-corrected chi connectivity index (χ3v) is 3.80. The number of nitrogens with one attached hydrogen (secondary N) is 1. The van der Waals surface area contributed by atoms with E-state index >= 15 is 0 Å². The Bertz CT molecular complexity index is 852. The fourth-order valence-corrected chi connectivity index (χ4v) is 2.71. The topological polar surface area (TPSA) is 64.7 Å². The lowest BCUT2D eigenvalue weighted by atomic mass is 10.2. The lowest BCUT2D eigenvalue weighted by molar-refractivity contribution is 0.102. The van der Waals surface area contributed by atoms with E-state index in [9.17, 15) is 4.79 Å². The number of carbonyl (C=O) groups is 1. The molecule has 3 rings (SSSR count). The number of rotatable bonds is 4. The van der Waals surface area contributed by atoms with E-state index in [1.165, 1.54) is 0 Å². The number of hydrogen-bond acceptors (Lipinski definition) is 3. The molecule has 118 valence electrons. The van der Waals surface area contributed by atoms with E-state index in [1.807, 2.05) is 42.1 Å². The zero-order chi connectivity index (χ0) is 16.4. The number of amides is 1. The summed E-state index contributed by atoms with van der Waals surface area (Å²) < 4.78 is 4.40. The molecule has 0 unspecified atom stereocenters. The van der Waals surface area contributed by atoms with Gasteiger partial charge in [-0.2, -0.15) is 10.2 Å². The Morgan fingerprint density at radius 3 is 2.83 bits per heavy atom. The molecule has 0 atom stereocenters. The molecule has 3 aromatic rings. The highest BCUT2D eigenvalue weighted by atomic mass is 79.9. The summed E-state index contributed by atoms with van der Waals surface area (Å²) in [5, 5.41) is 11.3. The molecule has 6 nitrogen and oxygen atoms in total. The van der Waals surface area contributed by atoms with Crippen LogP contribution in [0.4, 0.5) is 5.69 Å². The summed E-state index contributed by atoms with van der Waals surface area (Å²) in [6, 6.07) is 7.73. The first kappa shape index (κ1) is 15.5. The van der Waals surface area contributed by atoms with Gasteiger partial charge in [-0.15, -0.1) is 0 Å². The highest BCUT2D eigenvalue weighted by Gasteiger charge is 2.12. The second-order valence-electron chi connectivity index (χ2n) is 5.31. The van der Waals surface area contributed by atoms with Crippen molar-refractivity contribution in [3.8, 4) is 0 Å². The van der Waals surface area contributed by atoms with Crippen LogP contribution in [-0.2, 0) is 13.6 Å². The van der Waals surface area contributed by atoms with Crippen LogP contribution in [0.3, 0.4) is 0 Å². The molecule has 0 bridgehead atoms. The Labute approximate surface area is 142 Å². The van der Waals surface area contributed by atoms with Gasteiger partial charge in [-0.1, -0.05) is 12.1 Å². The number of anilines is 1. The molecule has 1 aromatic carbocycles. The van der Waals surface area contributed by atoms with E-state index in [2.05, 4.69) is 31.4 Å². The average molecular weight is 374 g/mol. The van der Waals surface area contributed by atoms with Gasteiger partial charge in [-0.05, 0) is 40.5 Å². The summed E-state index contributed by atoms with van der Waals surface area (Å²) in [4.78, 5) is 12.3. The van der Waals surface area contributed by atoms with E-state index in [0.29, 0.717) is 17.8 Å². The van der Waals surface area contributed by atoms with Crippen LogP contribution in [0.15, 0.2) is 47.3 Å². The summed E-state index contributed by atoms with van der Waals surface area (Å²) >= 11 is 3.38. The molecule has 2 heterocycles. The number of halogens is 1. The average Bonchev–Trinajstić information content (AvgIpc) is 3.04. The van der Waals surface area contributed by atoms with E-state index < -0.39 is 0 Å². The van der Waals surface area contributed by atoms with Gasteiger partial charge in [0, 0.05) is 25.1 Å². The molecule has 7 heteroatoms. The molecule has 0 saturated carbocycles. The van der Waals surface area contributed by atoms with Gasteiger partial charge in [0.2, 0.25) is 0 Å². The summed E-state index contributed by atoms with van der Waals surface area (Å²) in [5.74, 6) is -0.158. The van der Waals surface area contributed by atoms with Crippen LogP contribution in [0, 0.1) is 6.92 Å². The first-order valence-electron chi connectivity index (χ1n) is 7.10. The van der Waals surface area contributed by atoms with Crippen LogP contribution in [0.5, 0.6) is 0 Å². The second-order valence-corrected chi connectivity index (χ2v) is 6.23. The Hall–Kier alpha value is -2.41. The zero-order valence-electron chi connectivity index (χ0n) is 12.8. The van der Waals surface area contributed by atoms with Crippen molar-refractivity contribution in [3.05, 3.63) is 64.1 Å². The molecule has 0 spiro atoms. The van der Waals surface area contributed by atoms with Gasteiger partial charge in [0.25, 0.3) is 5.91 Å². The molecule has 0 radical (unpaired) electrons. The molecule has 2 aromatic heterocycles. The van der Waals surface area contributed by atoms with Crippen molar-refractivity contribution in [2.24, 2.45) is 7.05 Å². The highest BCUT2D eigenvalue weighted by Crippen LogP contribution is 2.15. The van der Waals surface area contributed by atoms with Crippen molar-refractivity contribution in [2.75, 3.05) is 5.32 Å².